The molecule has 31 heavy (non-hydrogen) atoms. The molecule has 3 aromatic rings. The van der Waals surface area contributed by atoms with Gasteiger partial charge in [-0.05, 0) is 63.8 Å². The average molecular weight is 419 g/mol. The number of hydrogen-bond acceptors (Lipinski definition) is 6. The fourth-order valence-electron chi connectivity index (χ4n) is 4.02. The van der Waals surface area contributed by atoms with Crippen LogP contribution in [0, 0.1) is 11.3 Å². The number of amides is 1. The van der Waals surface area contributed by atoms with Crippen molar-refractivity contribution in [2.75, 3.05) is 5.32 Å². The zero-order chi connectivity index (χ0) is 22.0. The van der Waals surface area contributed by atoms with E-state index < -0.39 is 0 Å². The molecule has 1 fully saturated rings. The van der Waals surface area contributed by atoms with Crippen molar-refractivity contribution in [1.82, 2.24) is 19.9 Å². The van der Waals surface area contributed by atoms with Crippen LogP contribution >= 0.6 is 0 Å². The van der Waals surface area contributed by atoms with Gasteiger partial charge in [-0.25, -0.2) is 4.52 Å². The van der Waals surface area contributed by atoms with Crippen LogP contribution in [-0.4, -0.2) is 43.8 Å². The Balaban J connectivity index is 1.66. The molecule has 8 nitrogen and oxygen atoms in total. The van der Waals surface area contributed by atoms with Crippen LogP contribution in [0.5, 0.6) is 0 Å². The minimum absolute atomic E-state index is 0.0315. The molecule has 3 N–H and O–H groups in total. The highest BCUT2D eigenvalue weighted by molar-refractivity contribution is 6.00. The molecule has 2 atom stereocenters. The molecule has 0 spiro atoms. The van der Waals surface area contributed by atoms with Gasteiger partial charge in [-0.15, -0.1) is 0 Å². The summed E-state index contributed by atoms with van der Waals surface area (Å²) in [6, 6.07) is 9.59. The number of nitriles is 1. The lowest BCUT2D eigenvalue weighted by Gasteiger charge is -2.27. The van der Waals surface area contributed by atoms with E-state index >= 15 is 0 Å². The lowest BCUT2D eigenvalue weighted by molar-refractivity contribution is 0.0850. The quantitative estimate of drug-likeness (QED) is 0.586. The van der Waals surface area contributed by atoms with Crippen molar-refractivity contribution in [3.8, 4) is 17.5 Å². The van der Waals surface area contributed by atoms with E-state index in [1.54, 1.807) is 16.8 Å². The topological polar surface area (TPSA) is 115 Å². The molecule has 1 saturated carbocycles. The highest BCUT2D eigenvalue weighted by atomic mass is 16.3. The first-order valence-corrected chi connectivity index (χ1v) is 10.6. The van der Waals surface area contributed by atoms with E-state index in [9.17, 15) is 9.90 Å². The van der Waals surface area contributed by atoms with Crippen molar-refractivity contribution in [3.05, 3.63) is 47.8 Å². The number of nitrogens with one attached hydrogen (secondary N) is 2. The van der Waals surface area contributed by atoms with E-state index in [1.165, 1.54) is 6.20 Å². The van der Waals surface area contributed by atoms with Gasteiger partial charge in [0, 0.05) is 18.3 Å². The Morgan fingerprint density at radius 2 is 2.13 bits per heavy atom. The smallest absolute Gasteiger partial charge is 0.255 e. The van der Waals surface area contributed by atoms with E-state index in [0.717, 1.165) is 30.5 Å². The van der Waals surface area contributed by atoms with Gasteiger partial charge in [0.25, 0.3) is 5.91 Å². The lowest BCUT2D eigenvalue weighted by Crippen LogP contribution is -2.40. The minimum Gasteiger partial charge on any atom is -0.393 e. The largest absolute Gasteiger partial charge is 0.393 e. The van der Waals surface area contributed by atoms with Crippen molar-refractivity contribution < 1.29 is 9.90 Å². The summed E-state index contributed by atoms with van der Waals surface area (Å²) >= 11 is 0. The molecule has 0 bridgehead atoms. The average Bonchev–Trinajstić information content (AvgIpc) is 3.16. The number of anilines is 1. The van der Waals surface area contributed by atoms with E-state index in [4.69, 9.17) is 5.26 Å². The third-order valence-corrected chi connectivity index (χ3v) is 5.47. The molecule has 160 valence electrons. The normalized spacial score (nSPS) is 18.7. The first-order valence-electron chi connectivity index (χ1n) is 10.6. The molecule has 1 aliphatic rings. The van der Waals surface area contributed by atoms with Crippen molar-refractivity contribution in [1.29, 1.82) is 5.26 Å². The van der Waals surface area contributed by atoms with Gasteiger partial charge in [0.05, 0.1) is 46.0 Å². The number of fused-ring (bicyclic) bond motifs is 1. The third-order valence-electron chi connectivity index (χ3n) is 5.47. The molecule has 0 radical (unpaired) electrons. The van der Waals surface area contributed by atoms with Gasteiger partial charge in [-0.2, -0.15) is 10.4 Å². The molecule has 8 heteroatoms. The molecular formula is C23H26N6O2. The molecule has 0 aliphatic heterocycles. The molecule has 3 aromatic heterocycles. The molecule has 3 heterocycles. The Bertz CT molecular complexity index is 1150. The summed E-state index contributed by atoms with van der Waals surface area (Å²) in [5, 5.41) is 29.7. The standard InChI is InChI=1S/C23H26N6O2/c1-14(2)27-20-10-21(22-7-6-17-8-15(11-24)12-26-29(17)22)25-13-19(20)23(31)28-16-4-3-5-18(30)9-16/h6-8,10,12-14,16,18,30H,3-5,9H2,1-2H3,(H,25,27)(H,28,31)/t16?,18-/m0/s1. The summed E-state index contributed by atoms with van der Waals surface area (Å²) in [6.07, 6.45) is 5.89. The third kappa shape index (κ3) is 4.52. The van der Waals surface area contributed by atoms with Crippen LogP contribution < -0.4 is 10.6 Å². The first-order chi connectivity index (χ1) is 14.9. The predicted octanol–water partition coefficient (Wildman–Crippen LogP) is 3.12. The zero-order valence-electron chi connectivity index (χ0n) is 17.7. The summed E-state index contributed by atoms with van der Waals surface area (Å²) in [5.74, 6) is -0.196. The van der Waals surface area contributed by atoms with Crippen LogP contribution in [0.15, 0.2) is 36.7 Å². The highest BCUT2D eigenvalue weighted by Crippen LogP contribution is 2.26. The van der Waals surface area contributed by atoms with Crippen molar-refractivity contribution >= 4 is 17.1 Å². The second-order valence-corrected chi connectivity index (χ2v) is 8.32. The van der Waals surface area contributed by atoms with Crippen LogP contribution in [0.2, 0.25) is 0 Å². The summed E-state index contributed by atoms with van der Waals surface area (Å²) in [7, 11) is 0. The number of rotatable bonds is 5. The SMILES string of the molecule is CC(C)Nc1cc(-c2ccc3cc(C#N)cnn23)ncc1C(=O)NC1CCC[C@H](O)C1. The Labute approximate surface area is 180 Å². The van der Waals surface area contributed by atoms with Crippen molar-refractivity contribution in [3.63, 3.8) is 0 Å². The molecule has 1 unspecified atom stereocenters. The number of aliphatic hydroxyl groups is 1. The number of pyridine rings is 1. The number of carbonyl (C=O) groups is 1. The van der Waals surface area contributed by atoms with Gasteiger partial charge in [-0.3, -0.25) is 9.78 Å². The summed E-state index contributed by atoms with van der Waals surface area (Å²) in [5.41, 5.74) is 3.90. The Hall–Kier alpha value is -3.44. The Morgan fingerprint density at radius 3 is 2.87 bits per heavy atom. The van der Waals surface area contributed by atoms with Crippen LogP contribution in [0.3, 0.4) is 0 Å². The van der Waals surface area contributed by atoms with Crippen LogP contribution in [-0.2, 0) is 0 Å². The summed E-state index contributed by atoms with van der Waals surface area (Å²) in [4.78, 5) is 17.5. The minimum atomic E-state index is -0.357. The molecule has 0 aromatic carbocycles. The number of nitrogens with zero attached hydrogens (tertiary/aromatic N) is 4. The number of aliphatic hydroxyl groups excluding tert-OH is 1. The fraction of sp³-hybridized carbons (Fsp3) is 0.391. The first kappa shape index (κ1) is 20.8. The molecule has 1 amide bonds. The molecule has 4 rings (SSSR count). The van der Waals surface area contributed by atoms with E-state index in [-0.39, 0.29) is 24.1 Å². The molecule has 0 saturated heterocycles. The van der Waals surface area contributed by atoms with Gasteiger partial charge in [0.1, 0.15) is 6.07 Å². The van der Waals surface area contributed by atoms with Gasteiger partial charge < -0.3 is 15.7 Å². The van der Waals surface area contributed by atoms with Gasteiger partial charge in [-0.1, -0.05) is 0 Å². The molecular weight excluding hydrogens is 392 g/mol. The van der Waals surface area contributed by atoms with Gasteiger partial charge >= 0.3 is 0 Å². The van der Waals surface area contributed by atoms with Crippen LogP contribution in [0.25, 0.3) is 16.9 Å². The van der Waals surface area contributed by atoms with Crippen molar-refractivity contribution in [2.24, 2.45) is 0 Å². The van der Waals surface area contributed by atoms with Gasteiger partial charge in [0.15, 0.2) is 0 Å². The Morgan fingerprint density at radius 1 is 1.29 bits per heavy atom. The molecule has 1 aliphatic carbocycles. The summed E-state index contributed by atoms with van der Waals surface area (Å²) in [6.45, 7) is 4.02. The van der Waals surface area contributed by atoms with E-state index in [1.807, 2.05) is 32.0 Å². The number of hydrogen-bond donors (Lipinski definition) is 3. The maximum absolute atomic E-state index is 13.0. The maximum atomic E-state index is 13.0. The van der Waals surface area contributed by atoms with Crippen LogP contribution in [0.1, 0.15) is 55.5 Å². The fourth-order valence-corrected chi connectivity index (χ4v) is 4.02. The van der Waals surface area contributed by atoms with E-state index in [2.05, 4.69) is 26.8 Å². The Kier molecular flexibility index (Phi) is 5.87. The maximum Gasteiger partial charge on any atom is 0.255 e. The summed E-state index contributed by atoms with van der Waals surface area (Å²) < 4.78 is 1.73. The monoisotopic (exact) mass is 418 g/mol. The van der Waals surface area contributed by atoms with Crippen molar-refractivity contribution in [2.45, 2.75) is 57.7 Å². The number of carbonyl (C=O) groups excluding carboxylic acids is 1. The van der Waals surface area contributed by atoms with E-state index in [0.29, 0.717) is 28.9 Å². The highest BCUT2D eigenvalue weighted by Gasteiger charge is 2.24. The predicted molar refractivity (Wildman–Crippen MR) is 118 cm³/mol. The van der Waals surface area contributed by atoms with Gasteiger partial charge in [0.2, 0.25) is 0 Å². The number of aromatic nitrogens is 3. The second-order valence-electron chi connectivity index (χ2n) is 8.32. The van der Waals surface area contributed by atoms with Crippen LogP contribution in [0.4, 0.5) is 5.69 Å². The second kappa shape index (κ2) is 8.74. The zero-order valence-corrected chi connectivity index (χ0v) is 17.7. The lowest BCUT2D eigenvalue weighted by atomic mass is 9.93.